The monoisotopic (exact) mass is 239 g/mol. The van der Waals surface area contributed by atoms with Gasteiger partial charge in [0.15, 0.2) is 0 Å². The number of piperidine rings is 1. The van der Waals surface area contributed by atoms with Gasteiger partial charge in [-0.15, -0.1) is 0 Å². The molecule has 0 aromatic heterocycles. The summed E-state index contributed by atoms with van der Waals surface area (Å²) in [6.45, 7) is 9.98. The van der Waals surface area contributed by atoms with Crippen LogP contribution < -0.4 is 5.32 Å². The lowest BCUT2D eigenvalue weighted by molar-refractivity contribution is 0.153. The molecular weight excluding hydrogens is 210 g/mol. The fourth-order valence-electron chi connectivity index (χ4n) is 3.32. The molecule has 0 amide bonds. The zero-order valence-electron chi connectivity index (χ0n) is 11.6. The second-order valence-electron chi connectivity index (χ2n) is 5.89. The van der Waals surface area contributed by atoms with Gasteiger partial charge in [-0.1, -0.05) is 6.92 Å². The predicted molar refractivity (Wildman–Crippen MR) is 73.4 cm³/mol. The van der Waals surface area contributed by atoms with E-state index in [9.17, 15) is 0 Å². The van der Waals surface area contributed by atoms with Crippen LogP contribution in [-0.4, -0.2) is 62.2 Å². The topological polar surface area (TPSA) is 18.5 Å². The first kappa shape index (κ1) is 13.3. The van der Waals surface area contributed by atoms with Crippen molar-refractivity contribution >= 4 is 0 Å². The highest BCUT2D eigenvalue weighted by atomic mass is 15.2. The van der Waals surface area contributed by atoms with Gasteiger partial charge in [0.05, 0.1) is 0 Å². The minimum Gasteiger partial charge on any atom is -0.317 e. The van der Waals surface area contributed by atoms with Gasteiger partial charge in [-0.05, 0) is 64.8 Å². The lowest BCUT2D eigenvalue weighted by Crippen LogP contribution is -2.43. The molecule has 0 bridgehead atoms. The van der Waals surface area contributed by atoms with E-state index in [1.54, 1.807) is 0 Å². The van der Waals surface area contributed by atoms with Crippen molar-refractivity contribution in [2.75, 3.05) is 46.3 Å². The minimum atomic E-state index is 0.829. The lowest BCUT2D eigenvalue weighted by atomic mass is 9.96. The van der Waals surface area contributed by atoms with Crippen LogP contribution in [0.25, 0.3) is 0 Å². The molecule has 0 aromatic carbocycles. The molecule has 0 saturated carbocycles. The third-order valence-corrected chi connectivity index (χ3v) is 4.35. The van der Waals surface area contributed by atoms with Gasteiger partial charge in [0.25, 0.3) is 0 Å². The molecule has 3 heteroatoms. The molecule has 3 nitrogen and oxygen atoms in total. The number of rotatable bonds is 5. The fourth-order valence-corrected chi connectivity index (χ4v) is 3.32. The summed E-state index contributed by atoms with van der Waals surface area (Å²) in [5, 5.41) is 3.47. The second kappa shape index (κ2) is 6.72. The molecule has 0 spiro atoms. The third kappa shape index (κ3) is 3.94. The van der Waals surface area contributed by atoms with E-state index in [4.69, 9.17) is 0 Å². The van der Waals surface area contributed by atoms with Gasteiger partial charge < -0.3 is 10.2 Å². The van der Waals surface area contributed by atoms with Crippen LogP contribution in [0.15, 0.2) is 0 Å². The third-order valence-electron chi connectivity index (χ3n) is 4.35. The Balaban J connectivity index is 1.82. The molecule has 2 heterocycles. The van der Waals surface area contributed by atoms with Crippen LogP contribution in [0.3, 0.4) is 0 Å². The van der Waals surface area contributed by atoms with Gasteiger partial charge in [0.1, 0.15) is 0 Å². The van der Waals surface area contributed by atoms with E-state index in [0.29, 0.717) is 0 Å². The van der Waals surface area contributed by atoms with Gasteiger partial charge >= 0.3 is 0 Å². The summed E-state index contributed by atoms with van der Waals surface area (Å²) < 4.78 is 0. The van der Waals surface area contributed by atoms with Crippen molar-refractivity contribution in [3.8, 4) is 0 Å². The molecule has 2 aliphatic rings. The van der Waals surface area contributed by atoms with E-state index >= 15 is 0 Å². The number of hydrogen-bond acceptors (Lipinski definition) is 3. The average Bonchev–Trinajstić information content (AvgIpc) is 2.77. The predicted octanol–water partition coefficient (Wildman–Crippen LogP) is 1.40. The smallest absolute Gasteiger partial charge is 0.0235 e. The molecule has 0 radical (unpaired) electrons. The van der Waals surface area contributed by atoms with Gasteiger partial charge in [-0.3, -0.25) is 4.90 Å². The van der Waals surface area contributed by atoms with Crippen LogP contribution in [-0.2, 0) is 0 Å². The normalized spacial score (nSPS) is 28.1. The summed E-state index contributed by atoms with van der Waals surface area (Å²) in [6.07, 6.45) is 5.43. The molecule has 100 valence electrons. The number of nitrogens with one attached hydrogen (secondary N) is 1. The van der Waals surface area contributed by atoms with Crippen LogP contribution in [0.2, 0.25) is 0 Å². The van der Waals surface area contributed by atoms with E-state index in [1.807, 2.05) is 0 Å². The Kier molecular flexibility index (Phi) is 5.26. The minimum absolute atomic E-state index is 0.829. The summed E-state index contributed by atoms with van der Waals surface area (Å²) in [7, 11) is 2.26. The zero-order valence-corrected chi connectivity index (χ0v) is 11.6. The zero-order chi connectivity index (χ0) is 12.1. The number of hydrogen-bond donors (Lipinski definition) is 1. The summed E-state index contributed by atoms with van der Waals surface area (Å²) >= 11 is 0. The molecular formula is C14H29N3. The first-order chi connectivity index (χ1) is 8.29. The Morgan fingerprint density at radius 1 is 1.24 bits per heavy atom. The molecule has 17 heavy (non-hydrogen) atoms. The van der Waals surface area contributed by atoms with E-state index in [2.05, 4.69) is 29.1 Å². The van der Waals surface area contributed by atoms with E-state index in [0.717, 1.165) is 12.0 Å². The van der Waals surface area contributed by atoms with Gasteiger partial charge in [0, 0.05) is 19.1 Å². The molecule has 1 unspecified atom stereocenters. The Bertz CT molecular complexity index is 214. The van der Waals surface area contributed by atoms with Crippen LogP contribution in [0, 0.1) is 5.92 Å². The van der Waals surface area contributed by atoms with Crippen molar-refractivity contribution in [3.63, 3.8) is 0 Å². The molecule has 0 aliphatic carbocycles. The highest BCUT2D eigenvalue weighted by Gasteiger charge is 2.27. The van der Waals surface area contributed by atoms with Gasteiger partial charge in [-0.25, -0.2) is 0 Å². The second-order valence-corrected chi connectivity index (χ2v) is 5.89. The fraction of sp³-hybridized carbons (Fsp3) is 1.00. The Morgan fingerprint density at radius 2 is 2.00 bits per heavy atom. The Hall–Kier alpha value is -0.120. The van der Waals surface area contributed by atoms with Crippen molar-refractivity contribution < 1.29 is 0 Å². The average molecular weight is 239 g/mol. The van der Waals surface area contributed by atoms with E-state index in [1.165, 1.54) is 65.0 Å². The van der Waals surface area contributed by atoms with E-state index < -0.39 is 0 Å². The molecule has 2 fully saturated rings. The highest BCUT2D eigenvalue weighted by molar-refractivity contribution is 4.83. The Morgan fingerprint density at radius 3 is 2.59 bits per heavy atom. The summed E-state index contributed by atoms with van der Waals surface area (Å²) in [5.41, 5.74) is 0. The molecule has 1 N–H and O–H groups in total. The maximum absolute atomic E-state index is 3.47. The van der Waals surface area contributed by atoms with E-state index in [-0.39, 0.29) is 0 Å². The lowest BCUT2D eigenvalue weighted by Gasteiger charge is -2.33. The molecule has 0 aromatic rings. The van der Waals surface area contributed by atoms with Crippen LogP contribution >= 0.6 is 0 Å². The van der Waals surface area contributed by atoms with Crippen molar-refractivity contribution in [3.05, 3.63) is 0 Å². The number of likely N-dealkylation sites (N-methyl/N-ethyl adjacent to an activating group) is 1. The maximum Gasteiger partial charge on any atom is 0.0235 e. The summed E-state index contributed by atoms with van der Waals surface area (Å²) in [5.74, 6) is 0.939. The van der Waals surface area contributed by atoms with Crippen molar-refractivity contribution in [1.82, 2.24) is 15.1 Å². The maximum atomic E-state index is 3.47. The van der Waals surface area contributed by atoms with Crippen LogP contribution in [0.1, 0.15) is 32.6 Å². The highest BCUT2D eigenvalue weighted by Crippen LogP contribution is 2.19. The SMILES string of the molecule is CCCN(CC1CCNCC1)C1CCN(C)C1. The Labute approximate surface area is 107 Å². The van der Waals surface area contributed by atoms with Crippen molar-refractivity contribution in [2.45, 2.75) is 38.6 Å². The first-order valence-corrected chi connectivity index (χ1v) is 7.43. The molecule has 1 atom stereocenters. The number of nitrogens with zero attached hydrogens (tertiary/aromatic N) is 2. The molecule has 2 aliphatic heterocycles. The standard InChI is InChI=1S/C14H29N3/c1-3-9-17(14-6-10-16(2)12-14)11-13-4-7-15-8-5-13/h13-15H,3-12H2,1-2H3. The van der Waals surface area contributed by atoms with Crippen molar-refractivity contribution in [2.24, 2.45) is 5.92 Å². The molecule has 2 saturated heterocycles. The van der Waals surface area contributed by atoms with Crippen LogP contribution in [0.5, 0.6) is 0 Å². The largest absolute Gasteiger partial charge is 0.317 e. The van der Waals surface area contributed by atoms with Gasteiger partial charge in [0.2, 0.25) is 0 Å². The molecule has 2 rings (SSSR count). The number of likely N-dealkylation sites (tertiary alicyclic amines) is 1. The quantitative estimate of drug-likeness (QED) is 0.782. The summed E-state index contributed by atoms with van der Waals surface area (Å²) in [4.78, 5) is 5.26. The van der Waals surface area contributed by atoms with Crippen molar-refractivity contribution in [1.29, 1.82) is 0 Å². The van der Waals surface area contributed by atoms with Crippen LogP contribution in [0.4, 0.5) is 0 Å². The van der Waals surface area contributed by atoms with Gasteiger partial charge in [-0.2, -0.15) is 0 Å². The summed E-state index contributed by atoms with van der Waals surface area (Å²) in [6, 6.07) is 0.829. The first-order valence-electron chi connectivity index (χ1n) is 7.43.